The zero-order valence-corrected chi connectivity index (χ0v) is 10.9. The zero-order valence-electron chi connectivity index (χ0n) is 10.9. The standard InChI is InChI=1S/C16H20O3/c1-3-9-15(18)10-12(2)14(17)16(19,11-15)13-7-5-4-6-8-13/h3-8,14,17-19H,1-2,9-11H2/t14-,15+,16-/m0/s1. The molecule has 1 aliphatic rings. The Hall–Kier alpha value is -1.42. The molecule has 1 aliphatic carbocycles. The molecule has 102 valence electrons. The molecule has 0 amide bonds. The van der Waals surface area contributed by atoms with Crippen LogP contribution in [0.15, 0.2) is 55.1 Å². The van der Waals surface area contributed by atoms with Crippen molar-refractivity contribution >= 4 is 0 Å². The maximum Gasteiger partial charge on any atom is 0.122 e. The quantitative estimate of drug-likeness (QED) is 0.727. The van der Waals surface area contributed by atoms with Crippen LogP contribution >= 0.6 is 0 Å². The average Bonchev–Trinajstić information content (AvgIpc) is 2.37. The van der Waals surface area contributed by atoms with Crippen molar-refractivity contribution in [2.45, 2.75) is 36.6 Å². The van der Waals surface area contributed by atoms with Crippen molar-refractivity contribution in [3.05, 3.63) is 60.7 Å². The molecule has 3 atom stereocenters. The minimum absolute atomic E-state index is 0.0657. The van der Waals surface area contributed by atoms with Gasteiger partial charge in [-0.15, -0.1) is 6.58 Å². The Balaban J connectivity index is 2.42. The first-order valence-corrected chi connectivity index (χ1v) is 6.38. The Morgan fingerprint density at radius 3 is 2.47 bits per heavy atom. The summed E-state index contributed by atoms with van der Waals surface area (Å²) in [6.07, 6.45) is 1.25. The van der Waals surface area contributed by atoms with Crippen molar-refractivity contribution in [3.63, 3.8) is 0 Å². The summed E-state index contributed by atoms with van der Waals surface area (Å²) in [6.45, 7) is 7.42. The van der Waals surface area contributed by atoms with E-state index in [1.807, 2.05) is 6.07 Å². The monoisotopic (exact) mass is 260 g/mol. The smallest absolute Gasteiger partial charge is 0.122 e. The molecule has 1 saturated carbocycles. The number of aliphatic hydroxyl groups is 3. The van der Waals surface area contributed by atoms with Gasteiger partial charge in [-0.3, -0.25) is 0 Å². The first-order valence-electron chi connectivity index (χ1n) is 6.38. The van der Waals surface area contributed by atoms with Crippen LogP contribution in [0.2, 0.25) is 0 Å². The molecular weight excluding hydrogens is 240 g/mol. The second kappa shape index (κ2) is 4.93. The summed E-state index contributed by atoms with van der Waals surface area (Å²) in [5.41, 5.74) is -1.58. The first kappa shape index (κ1) is 14.0. The third-order valence-corrected chi connectivity index (χ3v) is 3.79. The number of hydrogen-bond donors (Lipinski definition) is 3. The fourth-order valence-electron chi connectivity index (χ4n) is 2.92. The summed E-state index contributed by atoms with van der Waals surface area (Å²) in [7, 11) is 0. The molecule has 0 spiro atoms. The van der Waals surface area contributed by atoms with Gasteiger partial charge >= 0.3 is 0 Å². The van der Waals surface area contributed by atoms with Crippen molar-refractivity contribution < 1.29 is 15.3 Å². The van der Waals surface area contributed by atoms with Gasteiger partial charge in [0.1, 0.15) is 11.7 Å². The summed E-state index contributed by atoms with van der Waals surface area (Å²) in [6, 6.07) is 8.92. The van der Waals surface area contributed by atoms with E-state index in [1.165, 1.54) is 0 Å². The van der Waals surface area contributed by atoms with Crippen LogP contribution in [0.25, 0.3) is 0 Å². The Labute approximate surface area is 113 Å². The van der Waals surface area contributed by atoms with Crippen LogP contribution < -0.4 is 0 Å². The highest BCUT2D eigenvalue weighted by molar-refractivity contribution is 5.32. The molecule has 1 fully saturated rings. The highest BCUT2D eigenvalue weighted by Crippen LogP contribution is 2.45. The second-order valence-electron chi connectivity index (χ2n) is 5.42. The van der Waals surface area contributed by atoms with Gasteiger partial charge in [-0.25, -0.2) is 0 Å². The highest BCUT2D eigenvalue weighted by atomic mass is 16.3. The molecule has 19 heavy (non-hydrogen) atoms. The SMILES string of the molecule is C=CC[C@@]1(O)CC(=C)[C@H](O)[C@@](O)(c2ccccc2)C1. The molecule has 2 rings (SSSR count). The van der Waals surface area contributed by atoms with E-state index >= 15 is 0 Å². The zero-order chi connectivity index (χ0) is 14.1. The van der Waals surface area contributed by atoms with Crippen molar-refractivity contribution in [1.82, 2.24) is 0 Å². The van der Waals surface area contributed by atoms with Crippen molar-refractivity contribution in [2.75, 3.05) is 0 Å². The Morgan fingerprint density at radius 1 is 1.26 bits per heavy atom. The number of aliphatic hydroxyl groups excluding tert-OH is 1. The maximum absolute atomic E-state index is 10.8. The van der Waals surface area contributed by atoms with E-state index in [-0.39, 0.29) is 12.8 Å². The van der Waals surface area contributed by atoms with E-state index in [0.29, 0.717) is 17.6 Å². The largest absolute Gasteiger partial charge is 0.389 e. The first-order chi connectivity index (χ1) is 8.91. The van der Waals surface area contributed by atoms with Gasteiger partial charge in [0, 0.05) is 6.42 Å². The van der Waals surface area contributed by atoms with E-state index in [1.54, 1.807) is 30.3 Å². The van der Waals surface area contributed by atoms with Crippen LogP contribution in [0.4, 0.5) is 0 Å². The van der Waals surface area contributed by atoms with Gasteiger partial charge in [-0.2, -0.15) is 0 Å². The number of rotatable bonds is 3. The van der Waals surface area contributed by atoms with Gasteiger partial charge in [-0.1, -0.05) is 43.0 Å². The lowest BCUT2D eigenvalue weighted by molar-refractivity contribution is -0.142. The van der Waals surface area contributed by atoms with Crippen LogP contribution in [0, 0.1) is 0 Å². The Morgan fingerprint density at radius 2 is 1.89 bits per heavy atom. The molecule has 0 bridgehead atoms. The molecule has 0 heterocycles. The van der Waals surface area contributed by atoms with E-state index < -0.39 is 17.3 Å². The Kier molecular flexibility index (Phi) is 3.63. The predicted octanol–water partition coefficient (Wildman–Crippen LogP) is 1.89. The molecule has 0 aliphatic heterocycles. The number of benzene rings is 1. The molecule has 3 nitrogen and oxygen atoms in total. The molecule has 3 N–H and O–H groups in total. The third-order valence-electron chi connectivity index (χ3n) is 3.79. The molecule has 0 aromatic heterocycles. The van der Waals surface area contributed by atoms with Gasteiger partial charge in [0.05, 0.1) is 5.60 Å². The van der Waals surface area contributed by atoms with Crippen LogP contribution in [0.3, 0.4) is 0 Å². The second-order valence-corrected chi connectivity index (χ2v) is 5.42. The lowest BCUT2D eigenvalue weighted by Gasteiger charge is -2.46. The van der Waals surface area contributed by atoms with E-state index in [4.69, 9.17) is 0 Å². The normalized spacial score (nSPS) is 35.1. The summed E-state index contributed by atoms with van der Waals surface area (Å²) in [5, 5.41) is 31.7. The molecule has 0 radical (unpaired) electrons. The van der Waals surface area contributed by atoms with E-state index in [9.17, 15) is 15.3 Å². The average molecular weight is 260 g/mol. The van der Waals surface area contributed by atoms with E-state index in [2.05, 4.69) is 13.2 Å². The van der Waals surface area contributed by atoms with Crippen molar-refractivity contribution in [2.24, 2.45) is 0 Å². The lowest BCUT2D eigenvalue weighted by atomic mass is 9.67. The number of hydrogen-bond acceptors (Lipinski definition) is 3. The summed E-state index contributed by atoms with van der Waals surface area (Å²) >= 11 is 0. The fraction of sp³-hybridized carbons (Fsp3) is 0.375. The topological polar surface area (TPSA) is 60.7 Å². The van der Waals surface area contributed by atoms with Gasteiger partial charge in [0.25, 0.3) is 0 Å². The fourth-order valence-corrected chi connectivity index (χ4v) is 2.92. The maximum atomic E-state index is 10.8. The minimum Gasteiger partial charge on any atom is -0.389 e. The predicted molar refractivity (Wildman–Crippen MR) is 74.5 cm³/mol. The third kappa shape index (κ3) is 2.50. The minimum atomic E-state index is -1.51. The summed E-state index contributed by atoms with van der Waals surface area (Å²) in [5.74, 6) is 0. The molecule has 3 heteroatoms. The molecule has 0 saturated heterocycles. The van der Waals surface area contributed by atoms with Gasteiger partial charge in [0.15, 0.2) is 0 Å². The van der Waals surface area contributed by atoms with Gasteiger partial charge in [0.2, 0.25) is 0 Å². The molecule has 0 unspecified atom stereocenters. The molecule has 1 aromatic carbocycles. The van der Waals surface area contributed by atoms with Crippen molar-refractivity contribution in [3.8, 4) is 0 Å². The van der Waals surface area contributed by atoms with Crippen LogP contribution in [0.1, 0.15) is 24.8 Å². The van der Waals surface area contributed by atoms with Gasteiger partial charge in [-0.05, 0) is 24.0 Å². The van der Waals surface area contributed by atoms with Crippen LogP contribution in [-0.4, -0.2) is 27.0 Å². The summed E-state index contributed by atoms with van der Waals surface area (Å²) in [4.78, 5) is 0. The summed E-state index contributed by atoms with van der Waals surface area (Å²) < 4.78 is 0. The molecular formula is C16H20O3. The lowest BCUT2D eigenvalue weighted by Crippen LogP contribution is -2.52. The highest BCUT2D eigenvalue weighted by Gasteiger charge is 2.50. The van der Waals surface area contributed by atoms with E-state index in [0.717, 1.165) is 0 Å². The van der Waals surface area contributed by atoms with Crippen LogP contribution in [0.5, 0.6) is 0 Å². The Bertz CT molecular complexity index is 482. The molecule has 1 aromatic rings. The van der Waals surface area contributed by atoms with Gasteiger partial charge < -0.3 is 15.3 Å². The van der Waals surface area contributed by atoms with Crippen LogP contribution in [-0.2, 0) is 5.60 Å². The van der Waals surface area contributed by atoms with Crippen molar-refractivity contribution in [1.29, 1.82) is 0 Å².